The van der Waals surface area contributed by atoms with Gasteiger partial charge >= 0.3 is 5.97 Å². The Hall–Kier alpha value is -2.83. The zero-order valence-corrected chi connectivity index (χ0v) is 11.4. The van der Waals surface area contributed by atoms with E-state index in [1.165, 1.54) is 16.9 Å². The molecular formula is C14H15N3O4. The highest BCUT2D eigenvalue weighted by Crippen LogP contribution is 2.16. The molecule has 2 N–H and O–H groups in total. The van der Waals surface area contributed by atoms with Gasteiger partial charge in [0.2, 0.25) is 5.91 Å². The summed E-state index contributed by atoms with van der Waals surface area (Å²) >= 11 is 0. The van der Waals surface area contributed by atoms with E-state index in [0.717, 1.165) is 0 Å². The van der Waals surface area contributed by atoms with Crippen LogP contribution in [-0.4, -0.2) is 33.9 Å². The first kappa shape index (κ1) is 14.6. The largest absolute Gasteiger partial charge is 0.497 e. The number of carbonyl (C=O) groups excluding carboxylic acids is 1. The van der Waals surface area contributed by atoms with Crippen molar-refractivity contribution in [1.82, 2.24) is 9.78 Å². The summed E-state index contributed by atoms with van der Waals surface area (Å²) in [4.78, 5) is 22.5. The number of nitrogens with zero attached hydrogens (tertiary/aromatic N) is 2. The molecule has 0 saturated carbocycles. The van der Waals surface area contributed by atoms with E-state index in [9.17, 15) is 9.59 Å². The molecule has 0 unspecified atom stereocenters. The second kappa shape index (κ2) is 6.56. The molecule has 0 fully saturated rings. The normalized spacial score (nSPS) is 10.1. The average Bonchev–Trinajstić information content (AvgIpc) is 2.94. The van der Waals surface area contributed by atoms with Crippen LogP contribution in [0.4, 0.5) is 5.69 Å². The summed E-state index contributed by atoms with van der Waals surface area (Å²) in [7, 11) is 1.55. The number of hydrogen-bond donors (Lipinski definition) is 2. The molecular weight excluding hydrogens is 274 g/mol. The third kappa shape index (κ3) is 4.07. The van der Waals surface area contributed by atoms with Crippen molar-refractivity contribution in [2.24, 2.45) is 0 Å². The van der Waals surface area contributed by atoms with E-state index in [0.29, 0.717) is 18.0 Å². The molecule has 21 heavy (non-hydrogen) atoms. The average molecular weight is 289 g/mol. The molecule has 0 bridgehead atoms. The molecule has 1 aromatic carbocycles. The minimum atomic E-state index is -1.09. The van der Waals surface area contributed by atoms with Gasteiger partial charge in [0.25, 0.3) is 0 Å². The first-order valence-electron chi connectivity index (χ1n) is 6.29. The zero-order valence-electron chi connectivity index (χ0n) is 11.4. The maximum atomic E-state index is 11.8. The van der Waals surface area contributed by atoms with Crippen molar-refractivity contribution in [3.8, 4) is 5.75 Å². The number of carboxylic acid groups (broad SMARTS) is 1. The fraction of sp³-hybridized carbons (Fsp3) is 0.214. The number of aromatic nitrogens is 2. The van der Waals surface area contributed by atoms with Crippen LogP contribution >= 0.6 is 0 Å². The number of ether oxygens (including phenoxy) is 1. The molecule has 0 aliphatic carbocycles. The van der Waals surface area contributed by atoms with Gasteiger partial charge < -0.3 is 15.2 Å². The maximum absolute atomic E-state index is 11.8. The Bertz CT molecular complexity index is 651. The molecule has 1 aromatic heterocycles. The highest BCUT2D eigenvalue weighted by molar-refractivity contribution is 5.90. The smallest absolute Gasteiger partial charge is 0.356 e. The Morgan fingerprint density at radius 3 is 2.86 bits per heavy atom. The number of rotatable bonds is 6. The van der Waals surface area contributed by atoms with Crippen molar-refractivity contribution in [3.05, 3.63) is 42.2 Å². The van der Waals surface area contributed by atoms with Crippen LogP contribution in [0.15, 0.2) is 36.5 Å². The van der Waals surface area contributed by atoms with Crippen LogP contribution < -0.4 is 10.1 Å². The van der Waals surface area contributed by atoms with Crippen molar-refractivity contribution in [2.75, 3.05) is 12.4 Å². The molecule has 0 saturated heterocycles. The molecule has 2 rings (SSSR count). The molecule has 0 aliphatic rings. The van der Waals surface area contributed by atoms with E-state index < -0.39 is 5.97 Å². The van der Waals surface area contributed by atoms with Gasteiger partial charge in [-0.25, -0.2) is 4.79 Å². The summed E-state index contributed by atoms with van der Waals surface area (Å²) < 4.78 is 6.50. The summed E-state index contributed by atoms with van der Waals surface area (Å²) in [5.41, 5.74) is 0.606. The molecule has 0 radical (unpaired) electrons. The first-order chi connectivity index (χ1) is 10.1. The number of aromatic carboxylic acids is 1. The van der Waals surface area contributed by atoms with Gasteiger partial charge in [0, 0.05) is 30.9 Å². The van der Waals surface area contributed by atoms with Gasteiger partial charge in [-0.1, -0.05) is 6.07 Å². The quantitative estimate of drug-likeness (QED) is 0.842. The van der Waals surface area contributed by atoms with Gasteiger partial charge in [-0.3, -0.25) is 9.48 Å². The Morgan fingerprint density at radius 1 is 1.38 bits per heavy atom. The number of carboxylic acids is 1. The summed E-state index contributed by atoms with van der Waals surface area (Å²) in [6.45, 7) is 0.309. The fourth-order valence-corrected chi connectivity index (χ4v) is 1.74. The van der Waals surface area contributed by atoms with Crippen LogP contribution in [0.25, 0.3) is 0 Å². The second-order valence-corrected chi connectivity index (χ2v) is 4.30. The third-order valence-corrected chi connectivity index (χ3v) is 2.78. The van der Waals surface area contributed by atoms with Gasteiger partial charge in [0.1, 0.15) is 5.75 Å². The van der Waals surface area contributed by atoms with E-state index in [1.807, 2.05) is 0 Å². The topological polar surface area (TPSA) is 93.5 Å². The number of aryl methyl sites for hydroxylation is 1. The SMILES string of the molecule is COc1cccc(NC(=O)CCn2ccc(C(=O)O)n2)c1. The van der Waals surface area contributed by atoms with Crippen molar-refractivity contribution in [2.45, 2.75) is 13.0 Å². The van der Waals surface area contributed by atoms with Crippen LogP contribution in [0.3, 0.4) is 0 Å². The first-order valence-corrected chi connectivity index (χ1v) is 6.29. The summed E-state index contributed by atoms with van der Waals surface area (Å²) in [5.74, 6) is -0.615. The lowest BCUT2D eigenvalue weighted by Crippen LogP contribution is -2.15. The number of hydrogen-bond acceptors (Lipinski definition) is 4. The van der Waals surface area contributed by atoms with Crippen LogP contribution in [-0.2, 0) is 11.3 Å². The van der Waals surface area contributed by atoms with E-state index in [1.54, 1.807) is 31.4 Å². The minimum Gasteiger partial charge on any atom is -0.497 e. The molecule has 1 heterocycles. The van der Waals surface area contributed by atoms with E-state index >= 15 is 0 Å². The lowest BCUT2D eigenvalue weighted by molar-refractivity contribution is -0.116. The van der Waals surface area contributed by atoms with Crippen LogP contribution in [0.5, 0.6) is 5.75 Å². The fourth-order valence-electron chi connectivity index (χ4n) is 1.74. The van der Waals surface area contributed by atoms with E-state index in [-0.39, 0.29) is 18.0 Å². The Labute approximate surface area is 121 Å². The van der Waals surface area contributed by atoms with Gasteiger partial charge in [-0.05, 0) is 18.2 Å². The maximum Gasteiger partial charge on any atom is 0.356 e. The molecule has 0 spiro atoms. The number of nitrogens with one attached hydrogen (secondary N) is 1. The summed E-state index contributed by atoms with van der Waals surface area (Å²) in [6.07, 6.45) is 1.72. The van der Waals surface area contributed by atoms with Crippen molar-refractivity contribution in [1.29, 1.82) is 0 Å². The van der Waals surface area contributed by atoms with Gasteiger partial charge in [-0.15, -0.1) is 0 Å². The van der Waals surface area contributed by atoms with E-state index in [4.69, 9.17) is 9.84 Å². The number of methoxy groups -OCH3 is 1. The van der Waals surface area contributed by atoms with Crippen molar-refractivity contribution in [3.63, 3.8) is 0 Å². The van der Waals surface area contributed by atoms with Gasteiger partial charge in [0.05, 0.1) is 7.11 Å². The van der Waals surface area contributed by atoms with Crippen LogP contribution in [0, 0.1) is 0 Å². The molecule has 0 atom stereocenters. The Morgan fingerprint density at radius 2 is 2.19 bits per heavy atom. The van der Waals surface area contributed by atoms with Crippen LogP contribution in [0.2, 0.25) is 0 Å². The highest BCUT2D eigenvalue weighted by atomic mass is 16.5. The highest BCUT2D eigenvalue weighted by Gasteiger charge is 2.08. The third-order valence-electron chi connectivity index (χ3n) is 2.78. The monoisotopic (exact) mass is 289 g/mol. The Balaban J connectivity index is 1.87. The summed E-state index contributed by atoms with van der Waals surface area (Å²) in [6, 6.07) is 8.43. The second-order valence-electron chi connectivity index (χ2n) is 4.30. The van der Waals surface area contributed by atoms with E-state index in [2.05, 4.69) is 10.4 Å². The number of amides is 1. The molecule has 110 valence electrons. The predicted molar refractivity (Wildman–Crippen MR) is 75.4 cm³/mol. The standard InChI is InChI=1S/C14H15N3O4/c1-21-11-4-2-3-10(9-11)15-13(18)6-8-17-7-5-12(16-17)14(19)20/h2-5,7,9H,6,8H2,1H3,(H,15,18)(H,19,20). The van der Waals surface area contributed by atoms with Gasteiger partial charge in [-0.2, -0.15) is 5.10 Å². The zero-order chi connectivity index (χ0) is 15.2. The lowest BCUT2D eigenvalue weighted by Gasteiger charge is -2.07. The number of anilines is 1. The van der Waals surface area contributed by atoms with Crippen molar-refractivity contribution >= 4 is 17.6 Å². The molecule has 7 heteroatoms. The molecule has 1 amide bonds. The van der Waals surface area contributed by atoms with Crippen molar-refractivity contribution < 1.29 is 19.4 Å². The molecule has 2 aromatic rings. The molecule has 0 aliphatic heterocycles. The predicted octanol–water partition coefficient (Wildman–Crippen LogP) is 1.62. The lowest BCUT2D eigenvalue weighted by atomic mass is 10.3. The van der Waals surface area contributed by atoms with Crippen LogP contribution in [0.1, 0.15) is 16.9 Å². The minimum absolute atomic E-state index is 0.0387. The Kier molecular flexibility index (Phi) is 4.55. The number of benzene rings is 1. The summed E-state index contributed by atoms with van der Waals surface area (Å²) in [5, 5.41) is 15.3. The molecule has 7 nitrogen and oxygen atoms in total. The number of carbonyl (C=O) groups is 2. The van der Waals surface area contributed by atoms with Gasteiger partial charge in [0.15, 0.2) is 5.69 Å².